The van der Waals surface area contributed by atoms with Gasteiger partial charge in [0.25, 0.3) is 0 Å². The minimum Gasteiger partial charge on any atom is -0.501 e. The van der Waals surface area contributed by atoms with Crippen molar-refractivity contribution in [3.63, 3.8) is 0 Å². The van der Waals surface area contributed by atoms with Crippen molar-refractivity contribution < 1.29 is 9.47 Å². The Morgan fingerprint density at radius 1 is 1.00 bits per heavy atom. The second-order valence-corrected chi connectivity index (χ2v) is 4.49. The fraction of sp³-hybridized carbons (Fsp3) is 0.692. The minimum absolute atomic E-state index is 0.533. The number of allylic oxidation sites excluding steroid dienone is 2. The number of hydrogen-bond acceptors (Lipinski definition) is 2. The average molecular weight is 212 g/mol. The van der Waals surface area contributed by atoms with Gasteiger partial charge in [0.2, 0.25) is 0 Å². The first-order valence-corrected chi connectivity index (χ1v) is 5.52. The number of hydrogen-bond donors (Lipinski definition) is 0. The summed E-state index contributed by atoms with van der Waals surface area (Å²) in [7, 11) is 0. The van der Waals surface area contributed by atoms with Gasteiger partial charge < -0.3 is 9.47 Å². The van der Waals surface area contributed by atoms with Crippen LogP contribution in [0.15, 0.2) is 23.7 Å². The lowest BCUT2D eigenvalue weighted by Crippen LogP contribution is -2.06. The van der Waals surface area contributed by atoms with Gasteiger partial charge in [-0.2, -0.15) is 0 Å². The molecule has 0 aliphatic rings. The minimum atomic E-state index is 0.533. The van der Waals surface area contributed by atoms with E-state index in [0.29, 0.717) is 5.92 Å². The standard InChI is InChI=1S/C13H24O2/c1-11(2)8-14-7-6-13(5)10-15-9-12(3)4/h8-9,13H,6-7,10H2,1-5H3. The predicted octanol–water partition coefficient (Wildman–Crippen LogP) is 3.89. The summed E-state index contributed by atoms with van der Waals surface area (Å²) >= 11 is 0. The lowest BCUT2D eigenvalue weighted by molar-refractivity contribution is 0.162. The van der Waals surface area contributed by atoms with E-state index >= 15 is 0 Å². The molecule has 0 bridgehead atoms. The quantitative estimate of drug-likeness (QED) is 0.471. The Morgan fingerprint density at radius 3 is 2.07 bits per heavy atom. The maximum atomic E-state index is 5.40. The van der Waals surface area contributed by atoms with Crippen molar-refractivity contribution in [1.29, 1.82) is 0 Å². The highest BCUT2D eigenvalue weighted by molar-refractivity contribution is 4.87. The summed E-state index contributed by atoms with van der Waals surface area (Å²) in [5, 5.41) is 0. The highest BCUT2D eigenvalue weighted by Gasteiger charge is 2.01. The van der Waals surface area contributed by atoms with Crippen LogP contribution in [0.5, 0.6) is 0 Å². The molecule has 2 heteroatoms. The maximum absolute atomic E-state index is 5.40. The normalized spacial score (nSPS) is 11.5. The number of rotatable bonds is 7. The van der Waals surface area contributed by atoms with Gasteiger partial charge in [-0.1, -0.05) is 6.92 Å². The molecule has 0 rings (SSSR count). The van der Waals surface area contributed by atoms with E-state index in [-0.39, 0.29) is 0 Å². The molecule has 0 aromatic rings. The van der Waals surface area contributed by atoms with E-state index in [1.165, 1.54) is 11.1 Å². The Hall–Kier alpha value is -0.920. The third kappa shape index (κ3) is 11.0. The van der Waals surface area contributed by atoms with Gasteiger partial charge in [-0.05, 0) is 51.2 Å². The first-order chi connectivity index (χ1) is 7.02. The van der Waals surface area contributed by atoms with Gasteiger partial charge in [-0.15, -0.1) is 0 Å². The summed E-state index contributed by atoms with van der Waals surface area (Å²) in [6, 6.07) is 0. The van der Waals surface area contributed by atoms with Crippen molar-refractivity contribution in [3.8, 4) is 0 Å². The van der Waals surface area contributed by atoms with Gasteiger partial charge >= 0.3 is 0 Å². The van der Waals surface area contributed by atoms with Crippen LogP contribution in [-0.2, 0) is 9.47 Å². The molecule has 0 aliphatic heterocycles. The molecule has 0 heterocycles. The van der Waals surface area contributed by atoms with Crippen molar-refractivity contribution in [2.24, 2.45) is 5.92 Å². The molecule has 0 aromatic heterocycles. The zero-order valence-corrected chi connectivity index (χ0v) is 10.7. The van der Waals surface area contributed by atoms with Gasteiger partial charge in [-0.3, -0.25) is 0 Å². The molecule has 0 aliphatic carbocycles. The Bertz CT molecular complexity index is 209. The summed E-state index contributed by atoms with van der Waals surface area (Å²) in [6.07, 6.45) is 4.65. The van der Waals surface area contributed by atoms with E-state index in [4.69, 9.17) is 9.47 Å². The molecule has 1 unspecified atom stereocenters. The predicted molar refractivity (Wildman–Crippen MR) is 64.5 cm³/mol. The van der Waals surface area contributed by atoms with E-state index in [1.807, 2.05) is 40.2 Å². The summed E-state index contributed by atoms with van der Waals surface area (Å²) in [4.78, 5) is 0. The van der Waals surface area contributed by atoms with Crippen LogP contribution in [0.2, 0.25) is 0 Å². The fourth-order valence-corrected chi connectivity index (χ4v) is 0.957. The summed E-state index contributed by atoms with van der Waals surface area (Å²) in [5.41, 5.74) is 2.39. The van der Waals surface area contributed by atoms with Crippen molar-refractivity contribution >= 4 is 0 Å². The molecule has 2 nitrogen and oxygen atoms in total. The first kappa shape index (κ1) is 14.1. The van der Waals surface area contributed by atoms with Gasteiger partial charge in [0.15, 0.2) is 0 Å². The molecule has 15 heavy (non-hydrogen) atoms. The second kappa shape index (κ2) is 8.39. The van der Waals surface area contributed by atoms with E-state index in [2.05, 4.69) is 6.92 Å². The van der Waals surface area contributed by atoms with Gasteiger partial charge in [0, 0.05) is 0 Å². The Morgan fingerprint density at radius 2 is 1.53 bits per heavy atom. The summed E-state index contributed by atoms with van der Waals surface area (Å²) < 4.78 is 10.8. The van der Waals surface area contributed by atoms with Gasteiger partial charge in [0.05, 0.1) is 25.7 Å². The second-order valence-electron chi connectivity index (χ2n) is 4.49. The van der Waals surface area contributed by atoms with E-state index in [1.54, 1.807) is 0 Å². The number of ether oxygens (including phenoxy) is 2. The van der Waals surface area contributed by atoms with Gasteiger partial charge in [0.1, 0.15) is 0 Å². The van der Waals surface area contributed by atoms with E-state index < -0.39 is 0 Å². The van der Waals surface area contributed by atoms with Crippen LogP contribution < -0.4 is 0 Å². The smallest absolute Gasteiger partial charge is 0.0900 e. The average Bonchev–Trinajstić information content (AvgIpc) is 2.11. The zero-order chi connectivity index (χ0) is 11.7. The van der Waals surface area contributed by atoms with Crippen molar-refractivity contribution in [1.82, 2.24) is 0 Å². The Kier molecular flexibility index (Phi) is 7.88. The topological polar surface area (TPSA) is 18.5 Å². The van der Waals surface area contributed by atoms with E-state index in [9.17, 15) is 0 Å². The maximum Gasteiger partial charge on any atom is 0.0900 e. The van der Waals surface area contributed by atoms with Crippen molar-refractivity contribution in [2.75, 3.05) is 13.2 Å². The molecular weight excluding hydrogens is 188 g/mol. The molecule has 0 aromatic carbocycles. The van der Waals surface area contributed by atoms with Crippen LogP contribution in [-0.4, -0.2) is 13.2 Å². The monoisotopic (exact) mass is 212 g/mol. The van der Waals surface area contributed by atoms with Crippen LogP contribution >= 0.6 is 0 Å². The molecule has 0 radical (unpaired) electrons. The Balaban J connectivity index is 3.45. The third-order valence-electron chi connectivity index (χ3n) is 1.75. The fourth-order valence-electron chi connectivity index (χ4n) is 0.957. The highest BCUT2D eigenvalue weighted by atomic mass is 16.5. The summed E-state index contributed by atoms with van der Waals surface area (Å²) in [5.74, 6) is 0.533. The Labute approximate surface area is 94.0 Å². The molecule has 0 amide bonds. The molecule has 0 spiro atoms. The molecule has 0 saturated heterocycles. The van der Waals surface area contributed by atoms with E-state index in [0.717, 1.165) is 19.6 Å². The molecule has 0 fully saturated rings. The lowest BCUT2D eigenvalue weighted by atomic mass is 10.1. The van der Waals surface area contributed by atoms with Crippen LogP contribution in [0.3, 0.4) is 0 Å². The first-order valence-electron chi connectivity index (χ1n) is 5.52. The van der Waals surface area contributed by atoms with Crippen LogP contribution in [0.1, 0.15) is 41.0 Å². The molecule has 0 saturated carbocycles. The zero-order valence-electron chi connectivity index (χ0n) is 10.7. The summed E-state index contributed by atoms with van der Waals surface area (Å²) in [6.45, 7) is 11.8. The highest BCUT2D eigenvalue weighted by Crippen LogP contribution is 2.04. The van der Waals surface area contributed by atoms with Crippen molar-refractivity contribution in [3.05, 3.63) is 23.7 Å². The molecule has 1 atom stereocenters. The van der Waals surface area contributed by atoms with Gasteiger partial charge in [-0.25, -0.2) is 0 Å². The SMILES string of the molecule is CC(C)=COCCC(C)COC=C(C)C. The van der Waals surface area contributed by atoms with Crippen LogP contribution in [0.4, 0.5) is 0 Å². The lowest BCUT2D eigenvalue weighted by Gasteiger charge is -2.10. The molecule has 0 N–H and O–H groups in total. The molecular formula is C13H24O2. The largest absolute Gasteiger partial charge is 0.501 e. The third-order valence-corrected chi connectivity index (χ3v) is 1.75. The molecule has 88 valence electrons. The van der Waals surface area contributed by atoms with Crippen LogP contribution in [0.25, 0.3) is 0 Å². The van der Waals surface area contributed by atoms with Crippen LogP contribution in [0, 0.1) is 5.92 Å². The van der Waals surface area contributed by atoms with Crippen molar-refractivity contribution in [2.45, 2.75) is 41.0 Å².